The van der Waals surface area contributed by atoms with E-state index in [-0.39, 0.29) is 17.9 Å². The Morgan fingerprint density at radius 3 is 2.68 bits per heavy atom. The van der Waals surface area contributed by atoms with Crippen LogP contribution in [-0.4, -0.2) is 36.0 Å². The van der Waals surface area contributed by atoms with Crippen LogP contribution in [-0.2, 0) is 22.5 Å². The topological polar surface area (TPSA) is 102 Å². The molecule has 0 bridgehead atoms. The summed E-state index contributed by atoms with van der Waals surface area (Å²) in [7, 11) is 0. The summed E-state index contributed by atoms with van der Waals surface area (Å²) in [6.07, 6.45) is 4.08. The average molecular weight is 365 g/mol. The highest BCUT2D eigenvalue weighted by Gasteiger charge is 2.31. The lowest BCUT2D eigenvalue weighted by Crippen LogP contribution is -2.36. The Kier molecular flexibility index (Phi) is 5.27. The molecule has 1 aromatic rings. The summed E-state index contributed by atoms with van der Waals surface area (Å²) in [5.74, 6) is -0.569. The average Bonchev–Trinajstić information content (AvgIpc) is 3.21. The van der Waals surface area contributed by atoms with E-state index in [1.54, 1.807) is 11.8 Å². The first-order valence-electron chi connectivity index (χ1n) is 8.68. The van der Waals surface area contributed by atoms with Gasteiger partial charge < -0.3 is 20.7 Å². The largest absolute Gasteiger partial charge is 0.450 e. The number of nitrogens with two attached hydrogens (primary N) is 1. The van der Waals surface area contributed by atoms with Crippen LogP contribution in [0.2, 0.25) is 0 Å². The first-order chi connectivity index (χ1) is 12.0. The van der Waals surface area contributed by atoms with Gasteiger partial charge in [-0.3, -0.25) is 9.59 Å². The van der Waals surface area contributed by atoms with Crippen molar-refractivity contribution in [2.24, 2.45) is 11.7 Å². The van der Waals surface area contributed by atoms with Crippen molar-refractivity contribution in [3.63, 3.8) is 0 Å². The molecule has 1 saturated carbocycles. The van der Waals surface area contributed by atoms with Crippen LogP contribution in [0.25, 0.3) is 0 Å². The van der Waals surface area contributed by atoms with Crippen LogP contribution in [0, 0.1) is 5.92 Å². The summed E-state index contributed by atoms with van der Waals surface area (Å²) in [5, 5.41) is 3.42. The van der Waals surface area contributed by atoms with Crippen molar-refractivity contribution in [1.82, 2.24) is 4.90 Å². The third kappa shape index (κ3) is 3.63. The Morgan fingerprint density at radius 2 is 2.04 bits per heavy atom. The Hall–Kier alpha value is -2.09. The third-order valence-electron chi connectivity index (χ3n) is 4.79. The van der Waals surface area contributed by atoms with Gasteiger partial charge in [-0.05, 0) is 31.7 Å². The summed E-state index contributed by atoms with van der Waals surface area (Å²) in [6, 6.07) is 0. The second-order valence-electron chi connectivity index (χ2n) is 6.41. The standard InChI is InChI=1S/C17H23N3O4S/c1-2-24-17(23)20-8-7-11-12(9-20)25-16(13(11)14(18)21)19-15(22)10-5-3-4-6-10/h10H,2-9H2,1H3,(H2,18,21)(H,19,22). The molecular formula is C17H23N3O4S. The second-order valence-corrected chi connectivity index (χ2v) is 7.52. The molecule has 2 aliphatic rings. The van der Waals surface area contributed by atoms with Crippen LogP contribution >= 0.6 is 11.3 Å². The summed E-state index contributed by atoms with van der Waals surface area (Å²) < 4.78 is 5.04. The molecule has 25 heavy (non-hydrogen) atoms. The monoisotopic (exact) mass is 365 g/mol. The number of amides is 3. The lowest BCUT2D eigenvalue weighted by atomic mass is 10.0. The molecule has 0 unspecified atom stereocenters. The first kappa shape index (κ1) is 17.7. The van der Waals surface area contributed by atoms with Gasteiger partial charge in [0, 0.05) is 17.3 Å². The van der Waals surface area contributed by atoms with Gasteiger partial charge in [0.2, 0.25) is 5.91 Å². The number of ether oxygens (including phenoxy) is 1. The van der Waals surface area contributed by atoms with E-state index < -0.39 is 5.91 Å². The SMILES string of the molecule is CCOC(=O)N1CCc2c(sc(NC(=O)C3CCCC3)c2C(N)=O)C1. The molecule has 3 N–H and O–H groups in total. The zero-order chi connectivity index (χ0) is 18.0. The van der Waals surface area contributed by atoms with E-state index in [1.165, 1.54) is 11.3 Å². The fourth-order valence-corrected chi connectivity index (χ4v) is 4.80. The van der Waals surface area contributed by atoms with Crippen molar-refractivity contribution >= 4 is 34.2 Å². The molecule has 136 valence electrons. The summed E-state index contributed by atoms with van der Waals surface area (Å²) in [6.45, 7) is 2.93. The predicted molar refractivity (Wildman–Crippen MR) is 94.6 cm³/mol. The van der Waals surface area contributed by atoms with Gasteiger partial charge in [-0.25, -0.2) is 4.79 Å². The number of thiophene rings is 1. The van der Waals surface area contributed by atoms with Crippen LogP contribution in [0.5, 0.6) is 0 Å². The van der Waals surface area contributed by atoms with Gasteiger partial charge in [0.15, 0.2) is 0 Å². The van der Waals surface area contributed by atoms with E-state index >= 15 is 0 Å². The van der Waals surface area contributed by atoms with Gasteiger partial charge in [0.05, 0.1) is 18.7 Å². The smallest absolute Gasteiger partial charge is 0.410 e. The maximum Gasteiger partial charge on any atom is 0.410 e. The molecule has 3 rings (SSSR count). The van der Waals surface area contributed by atoms with Crippen LogP contribution in [0.4, 0.5) is 9.80 Å². The highest BCUT2D eigenvalue weighted by Crippen LogP contribution is 2.38. The number of hydrogen-bond donors (Lipinski definition) is 2. The number of nitrogens with zero attached hydrogens (tertiary/aromatic N) is 1. The summed E-state index contributed by atoms with van der Waals surface area (Å²) >= 11 is 1.33. The molecular weight excluding hydrogens is 342 g/mol. The minimum Gasteiger partial charge on any atom is -0.450 e. The van der Waals surface area contributed by atoms with Crippen LogP contribution in [0.3, 0.4) is 0 Å². The molecule has 0 atom stereocenters. The minimum absolute atomic E-state index is 0.0101. The molecule has 0 saturated heterocycles. The number of carbonyl (C=O) groups is 3. The van der Waals surface area contributed by atoms with Crippen LogP contribution in [0.1, 0.15) is 53.4 Å². The zero-order valence-electron chi connectivity index (χ0n) is 14.3. The van der Waals surface area contributed by atoms with Gasteiger partial charge in [-0.2, -0.15) is 0 Å². The van der Waals surface area contributed by atoms with Crippen molar-refractivity contribution in [2.45, 2.75) is 45.6 Å². The van der Waals surface area contributed by atoms with Crippen molar-refractivity contribution in [3.05, 3.63) is 16.0 Å². The van der Waals surface area contributed by atoms with Gasteiger partial charge >= 0.3 is 6.09 Å². The molecule has 3 amide bonds. The summed E-state index contributed by atoms with van der Waals surface area (Å²) in [4.78, 5) is 38.8. The van der Waals surface area contributed by atoms with Crippen molar-refractivity contribution in [3.8, 4) is 0 Å². The minimum atomic E-state index is -0.538. The number of anilines is 1. The number of nitrogens with one attached hydrogen (secondary N) is 1. The lowest BCUT2D eigenvalue weighted by molar-refractivity contribution is -0.119. The number of primary amides is 1. The van der Waals surface area contributed by atoms with E-state index in [4.69, 9.17) is 10.5 Å². The third-order valence-corrected chi connectivity index (χ3v) is 5.92. The number of carbonyl (C=O) groups excluding carboxylic acids is 3. The number of rotatable bonds is 4. The van der Waals surface area contributed by atoms with E-state index in [9.17, 15) is 14.4 Å². The molecule has 7 nitrogen and oxygen atoms in total. The van der Waals surface area contributed by atoms with Crippen LogP contribution in [0.15, 0.2) is 0 Å². The van der Waals surface area contributed by atoms with Gasteiger partial charge in [-0.15, -0.1) is 11.3 Å². The molecule has 0 spiro atoms. The predicted octanol–water partition coefficient (Wildman–Crippen LogP) is 2.49. The molecule has 1 aliphatic heterocycles. The Bertz CT molecular complexity index is 694. The van der Waals surface area contributed by atoms with E-state index in [2.05, 4.69) is 5.32 Å². The normalized spacial score (nSPS) is 17.2. The number of hydrogen-bond acceptors (Lipinski definition) is 5. The van der Waals surface area contributed by atoms with Crippen LogP contribution < -0.4 is 11.1 Å². The molecule has 1 aliphatic carbocycles. The Labute approximate surface area is 150 Å². The van der Waals surface area contributed by atoms with E-state index in [1.807, 2.05) is 0 Å². The molecule has 1 fully saturated rings. The maximum absolute atomic E-state index is 12.4. The van der Waals surface area contributed by atoms with Crippen molar-refractivity contribution in [1.29, 1.82) is 0 Å². The van der Waals surface area contributed by atoms with Gasteiger partial charge in [-0.1, -0.05) is 12.8 Å². The molecule has 2 heterocycles. The highest BCUT2D eigenvalue weighted by atomic mass is 32.1. The molecule has 1 aromatic heterocycles. The van der Waals surface area contributed by atoms with Crippen molar-refractivity contribution < 1.29 is 19.1 Å². The fraction of sp³-hybridized carbons (Fsp3) is 0.588. The molecule has 0 aromatic carbocycles. The highest BCUT2D eigenvalue weighted by molar-refractivity contribution is 7.17. The first-order valence-corrected chi connectivity index (χ1v) is 9.49. The van der Waals surface area contributed by atoms with E-state index in [0.717, 1.165) is 36.1 Å². The van der Waals surface area contributed by atoms with E-state index in [0.29, 0.717) is 36.7 Å². The Balaban J connectivity index is 1.82. The lowest BCUT2D eigenvalue weighted by Gasteiger charge is -2.26. The molecule has 0 radical (unpaired) electrons. The van der Waals surface area contributed by atoms with Gasteiger partial charge in [0.25, 0.3) is 5.91 Å². The fourth-order valence-electron chi connectivity index (χ4n) is 3.52. The second kappa shape index (κ2) is 7.43. The zero-order valence-corrected chi connectivity index (χ0v) is 15.1. The Morgan fingerprint density at radius 1 is 1.32 bits per heavy atom. The van der Waals surface area contributed by atoms with Crippen molar-refractivity contribution in [2.75, 3.05) is 18.5 Å². The molecule has 8 heteroatoms. The van der Waals surface area contributed by atoms with Gasteiger partial charge in [0.1, 0.15) is 5.00 Å². The summed E-state index contributed by atoms with van der Waals surface area (Å²) in [5.41, 5.74) is 6.81. The quantitative estimate of drug-likeness (QED) is 0.856. The number of fused-ring (bicyclic) bond motifs is 1. The maximum atomic E-state index is 12.4.